The molecule has 0 saturated heterocycles. The van der Waals surface area contributed by atoms with E-state index in [-0.39, 0.29) is 38.6 Å². The molecule has 9 heteroatoms. The Morgan fingerprint density at radius 3 is 0.899 bits per heavy atom. The Hall–Kier alpha value is -5.35. The Morgan fingerprint density at radius 2 is 0.607 bits per heavy atom. The molecular weight excluding hydrogens is 1100 g/mol. The highest BCUT2D eigenvalue weighted by atomic mass is 16.7. The van der Waals surface area contributed by atoms with E-state index in [0.29, 0.717) is 17.4 Å². The minimum absolute atomic E-state index is 0.177. The Bertz CT molecular complexity index is 2070. The molecule has 0 heterocycles. The number of hydrogen-bond donors (Lipinski definition) is 1. The van der Waals surface area contributed by atoms with Gasteiger partial charge in [-0.15, -0.1) is 0 Å². The number of ether oxygens (including phenoxy) is 4. The summed E-state index contributed by atoms with van der Waals surface area (Å²) >= 11 is 0. The van der Waals surface area contributed by atoms with Gasteiger partial charge in [0.1, 0.15) is 13.2 Å². The monoisotopic (exact) mass is 1230 g/mol. The van der Waals surface area contributed by atoms with Gasteiger partial charge in [0.25, 0.3) is 6.29 Å². The Balaban J connectivity index is 4.19. The molecule has 0 aliphatic rings. The van der Waals surface area contributed by atoms with Crippen LogP contribution < -0.4 is 0 Å². The quantitative estimate of drug-likeness (QED) is 0.0211. The molecule has 9 nitrogen and oxygen atoms in total. The average Bonchev–Trinajstić information content (AvgIpc) is 3.64. The van der Waals surface area contributed by atoms with E-state index in [4.69, 9.17) is 18.9 Å². The molecule has 0 aromatic heterocycles. The third kappa shape index (κ3) is 70.0. The summed E-state index contributed by atoms with van der Waals surface area (Å²) in [4.78, 5) is 37.7. The van der Waals surface area contributed by atoms with Gasteiger partial charge in [-0.1, -0.05) is 287 Å². The van der Waals surface area contributed by atoms with Gasteiger partial charge < -0.3 is 28.5 Å². The molecule has 2 atom stereocenters. The molecule has 0 aliphatic heterocycles. The van der Waals surface area contributed by atoms with E-state index in [1.807, 2.05) is 21.1 Å². The zero-order valence-electron chi connectivity index (χ0n) is 57.3. The molecule has 0 spiro atoms. The molecule has 0 radical (unpaired) electrons. The first-order valence-electron chi connectivity index (χ1n) is 35.3. The van der Waals surface area contributed by atoms with Crippen molar-refractivity contribution >= 4 is 17.9 Å². The largest absolute Gasteiger partial charge is 0.477 e. The van der Waals surface area contributed by atoms with Gasteiger partial charge in [0.15, 0.2) is 6.10 Å². The predicted molar refractivity (Wildman–Crippen MR) is 382 cm³/mol. The number of nitrogens with zero attached hydrogens (tertiary/aromatic N) is 1. The first-order valence-corrected chi connectivity index (χ1v) is 35.3. The second-order valence-corrected chi connectivity index (χ2v) is 24.1. The van der Waals surface area contributed by atoms with Gasteiger partial charge in [0.2, 0.25) is 0 Å². The zero-order chi connectivity index (χ0) is 64.7. The Morgan fingerprint density at radius 1 is 0.337 bits per heavy atom. The van der Waals surface area contributed by atoms with Crippen LogP contribution in [0.5, 0.6) is 0 Å². The van der Waals surface area contributed by atoms with E-state index in [9.17, 15) is 19.5 Å². The van der Waals surface area contributed by atoms with Crippen LogP contribution in [0.2, 0.25) is 0 Å². The lowest BCUT2D eigenvalue weighted by atomic mass is 10.0. The van der Waals surface area contributed by atoms with Crippen molar-refractivity contribution in [3.63, 3.8) is 0 Å². The summed E-state index contributed by atoms with van der Waals surface area (Å²) in [6.45, 7) is 4.62. The first-order chi connectivity index (χ1) is 43.6. The van der Waals surface area contributed by atoms with Crippen LogP contribution in [0.4, 0.5) is 0 Å². The number of carbonyl (C=O) groups is 3. The second-order valence-electron chi connectivity index (χ2n) is 24.1. The van der Waals surface area contributed by atoms with E-state index in [0.717, 1.165) is 141 Å². The molecule has 0 aromatic carbocycles. The Kier molecular flexibility index (Phi) is 64.4. The number of carboxylic acid groups (broad SMARTS) is 1. The number of unbranched alkanes of at least 4 members (excludes halogenated alkanes) is 20. The van der Waals surface area contributed by atoms with E-state index in [1.54, 1.807) is 0 Å². The van der Waals surface area contributed by atoms with E-state index in [2.05, 4.69) is 184 Å². The molecule has 0 fully saturated rings. The maximum absolute atomic E-state index is 13.0. The van der Waals surface area contributed by atoms with Gasteiger partial charge in [-0.25, -0.2) is 4.79 Å². The van der Waals surface area contributed by atoms with Crippen LogP contribution >= 0.6 is 0 Å². The lowest BCUT2D eigenvalue weighted by molar-refractivity contribution is -0.870. The summed E-state index contributed by atoms with van der Waals surface area (Å²) in [5, 5.41) is 9.75. The molecule has 1 N–H and O–H groups in total. The molecule has 89 heavy (non-hydrogen) atoms. The highest BCUT2D eigenvalue weighted by Crippen LogP contribution is 2.16. The summed E-state index contributed by atoms with van der Waals surface area (Å²) in [6, 6.07) is 0. The van der Waals surface area contributed by atoms with Gasteiger partial charge >= 0.3 is 17.9 Å². The highest BCUT2D eigenvalue weighted by Gasteiger charge is 2.25. The van der Waals surface area contributed by atoms with Crippen LogP contribution in [0.25, 0.3) is 0 Å². The van der Waals surface area contributed by atoms with E-state index < -0.39 is 24.3 Å². The number of quaternary nitrogens is 1. The topological polar surface area (TPSA) is 108 Å². The van der Waals surface area contributed by atoms with Crippen LogP contribution in [-0.4, -0.2) is 87.4 Å². The van der Waals surface area contributed by atoms with Gasteiger partial charge in [-0.05, 0) is 128 Å². The number of likely N-dealkylation sites (N-methyl/N-ethyl adjacent to an activating group) is 1. The fraction of sp³-hybridized carbons (Fsp3) is 0.613. The van der Waals surface area contributed by atoms with Gasteiger partial charge in [0, 0.05) is 12.8 Å². The van der Waals surface area contributed by atoms with Crippen LogP contribution in [0, 0.1) is 0 Å². The predicted octanol–water partition coefficient (Wildman–Crippen LogP) is 22.2. The second kappa shape index (κ2) is 68.6. The number of carbonyl (C=O) groups excluding carboxylic acids is 2. The normalized spacial score (nSPS) is 13.8. The fourth-order valence-electron chi connectivity index (χ4n) is 9.15. The van der Waals surface area contributed by atoms with Crippen molar-refractivity contribution in [1.29, 1.82) is 0 Å². The maximum Gasteiger partial charge on any atom is 0.361 e. The van der Waals surface area contributed by atoms with Crippen LogP contribution in [0.1, 0.15) is 258 Å². The fourth-order valence-corrected chi connectivity index (χ4v) is 9.15. The number of aliphatic carboxylic acids is 1. The number of rotatable bonds is 63. The standard InChI is InChI=1S/C80H129NO8/c1-6-8-10-12-14-16-18-20-22-24-26-28-30-32-34-36-37-38-39-40-41-43-45-47-49-51-53-55-57-59-61-63-65-67-69-71-78(83)89-76(75-88-80(79(84)85)86-73-72-81(3,4)5)74-87-77(82)70-68-66-64-62-60-58-56-54-52-50-48-46-44-42-35-33-31-29-27-25-23-21-19-17-15-13-11-9-7-2/h8-11,14-17,20-23,26-29,32-35,37-38,40-41,44,46,50,52,76,80H,6-7,12-13,18-19,24-25,30-31,36,39,42-43,45,47-49,51,53-75H2,1-5H3/p+1/b10-8-,11-9-,16-14-,17-15-,22-20-,23-21-,28-26-,29-27-,34-32-,35-33-,38-37-,41-40-,46-44-,52-50-. The minimum Gasteiger partial charge on any atom is -0.477 e. The molecule has 0 rings (SSSR count). The maximum atomic E-state index is 13.0. The number of hydrogen-bond acceptors (Lipinski definition) is 7. The summed E-state index contributed by atoms with van der Waals surface area (Å²) in [5.41, 5.74) is 0. The SMILES string of the molecule is CC/C=C\C/C=C\C/C=C\C/C=C\C/C=C\C/C=C\C/C=C\CCCCCCCCCCCCCCCC(=O)OC(COC(=O)CCCCCCCCC/C=C\C/C=C\C/C=C\C/C=C\C/C=C\C/C=C\C/C=C\CC)COC(OCC[N+](C)(C)C)C(=O)O. The highest BCUT2D eigenvalue weighted by molar-refractivity contribution is 5.71. The zero-order valence-corrected chi connectivity index (χ0v) is 57.3. The van der Waals surface area contributed by atoms with Crippen LogP contribution in [0.3, 0.4) is 0 Å². The smallest absolute Gasteiger partial charge is 0.361 e. The number of esters is 2. The lowest BCUT2D eigenvalue weighted by Gasteiger charge is -2.25. The third-order valence-corrected chi connectivity index (χ3v) is 14.5. The molecule has 502 valence electrons. The molecule has 0 bridgehead atoms. The summed E-state index contributed by atoms with van der Waals surface area (Å²) < 4.78 is 23.0. The van der Waals surface area contributed by atoms with Crippen molar-refractivity contribution in [2.45, 2.75) is 270 Å². The van der Waals surface area contributed by atoms with E-state index in [1.165, 1.54) is 83.5 Å². The van der Waals surface area contributed by atoms with E-state index >= 15 is 0 Å². The molecular formula is C80H130NO8+. The van der Waals surface area contributed by atoms with Gasteiger partial charge in [0.05, 0.1) is 34.4 Å². The summed E-state index contributed by atoms with van der Waals surface area (Å²) in [7, 11) is 5.96. The van der Waals surface area contributed by atoms with Gasteiger partial charge in [-0.2, -0.15) is 0 Å². The average molecular weight is 1230 g/mol. The van der Waals surface area contributed by atoms with Crippen molar-refractivity contribution in [3.8, 4) is 0 Å². The molecule has 0 amide bonds. The summed E-state index contributed by atoms with van der Waals surface area (Å²) in [6.07, 6.45) is 100. The first kappa shape index (κ1) is 83.7. The molecule has 2 unspecified atom stereocenters. The lowest BCUT2D eigenvalue weighted by Crippen LogP contribution is -2.40. The third-order valence-electron chi connectivity index (χ3n) is 14.5. The Labute approximate surface area is 546 Å². The minimum atomic E-state index is -1.52. The summed E-state index contributed by atoms with van der Waals surface area (Å²) in [5.74, 6) is -2.03. The molecule has 0 aliphatic carbocycles. The van der Waals surface area contributed by atoms with Crippen molar-refractivity contribution in [3.05, 3.63) is 170 Å². The molecule has 0 saturated carbocycles. The molecule has 0 aromatic rings. The van der Waals surface area contributed by atoms with Gasteiger partial charge in [-0.3, -0.25) is 9.59 Å². The number of allylic oxidation sites excluding steroid dienone is 28. The van der Waals surface area contributed by atoms with Crippen molar-refractivity contribution in [2.75, 3.05) is 47.5 Å². The number of carboxylic acids is 1. The van der Waals surface area contributed by atoms with Crippen molar-refractivity contribution in [1.82, 2.24) is 0 Å². The van der Waals surface area contributed by atoms with Crippen molar-refractivity contribution < 1.29 is 42.9 Å². The van der Waals surface area contributed by atoms with Crippen LogP contribution in [-0.2, 0) is 33.3 Å². The van der Waals surface area contributed by atoms with Crippen molar-refractivity contribution in [2.24, 2.45) is 0 Å². The van der Waals surface area contributed by atoms with Crippen LogP contribution in [0.15, 0.2) is 170 Å².